The molecule has 14 heavy (non-hydrogen) atoms. The van der Waals surface area contributed by atoms with Gasteiger partial charge in [-0.1, -0.05) is 18.2 Å². The van der Waals surface area contributed by atoms with Crippen molar-refractivity contribution in [1.29, 1.82) is 0 Å². The summed E-state index contributed by atoms with van der Waals surface area (Å²) in [4.78, 5) is 3.81. The Bertz CT molecular complexity index is 505. The molecule has 0 saturated heterocycles. The van der Waals surface area contributed by atoms with E-state index in [1.807, 2.05) is 0 Å². The second-order valence-corrected chi connectivity index (χ2v) is 4.47. The highest BCUT2D eigenvalue weighted by molar-refractivity contribution is 7.91. The van der Waals surface area contributed by atoms with Crippen LogP contribution in [0.2, 0.25) is 0 Å². The average Bonchev–Trinajstić information content (AvgIpc) is 2.72. The lowest BCUT2D eigenvalue weighted by Gasteiger charge is -1.98. The Morgan fingerprint density at radius 1 is 1.14 bits per heavy atom. The van der Waals surface area contributed by atoms with E-state index in [2.05, 4.69) is 15.2 Å². The van der Waals surface area contributed by atoms with Crippen molar-refractivity contribution in [1.82, 2.24) is 15.2 Å². The first-order valence-electron chi connectivity index (χ1n) is 3.87. The number of benzene rings is 1. The quantitative estimate of drug-likeness (QED) is 0.787. The Morgan fingerprint density at radius 2 is 1.86 bits per heavy atom. The molecule has 0 unspecified atom stereocenters. The van der Waals surface area contributed by atoms with Gasteiger partial charge in [-0.15, -0.1) is 0 Å². The summed E-state index contributed by atoms with van der Waals surface area (Å²) in [6.07, 6.45) is 1.16. The predicted molar refractivity (Wildman–Crippen MR) is 48.3 cm³/mol. The number of rotatable bonds is 2. The summed E-state index contributed by atoms with van der Waals surface area (Å²) < 4.78 is 23.5. The van der Waals surface area contributed by atoms with Crippen LogP contribution in [0.4, 0.5) is 0 Å². The van der Waals surface area contributed by atoms with Crippen LogP contribution in [0.1, 0.15) is 0 Å². The summed E-state index contributed by atoms with van der Waals surface area (Å²) >= 11 is 0. The minimum absolute atomic E-state index is 0.135. The average molecular weight is 209 g/mol. The topological polar surface area (TPSA) is 75.7 Å². The number of sulfone groups is 1. The summed E-state index contributed by atoms with van der Waals surface area (Å²) in [5.74, 6) is 0. The Morgan fingerprint density at radius 3 is 2.43 bits per heavy atom. The first-order chi connectivity index (χ1) is 6.71. The Labute approximate surface area is 80.7 Å². The largest absolute Gasteiger partial charge is 0.250 e. The second-order valence-electron chi connectivity index (χ2n) is 2.61. The molecular formula is C8H7N3O2S. The second kappa shape index (κ2) is 3.22. The van der Waals surface area contributed by atoms with Gasteiger partial charge in [-0.2, -0.15) is 5.10 Å². The minimum atomic E-state index is -3.52. The molecular weight excluding hydrogens is 202 g/mol. The summed E-state index contributed by atoms with van der Waals surface area (Å²) in [6, 6.07) is 8.08. The fourth-order valence-corrected chi connectivity index (χ4v) is 2.13. The van der Waals surface area contributed by atoms with Crippen LogP contribution in [-0.4, -0.2) is 23.6 Å². The molecule has 2 aromatic rings. The van der Waals surface area contributed by atoms with Gasteiger partial charge in [0.15, 0.2) is 0 Å². The monoisotopic (exact) mass is 209 g/mol. The zero-order valence-electron chi connectivity index (χ0n) is 7.08. The number of aromatic nitrogens is 3. The van der Waals surface area contributed by atoms with Gasteiger partial charge >= 0.3 is 0 Å². The fourth-order valence-electron chi connectivity index (χ4n) is 1.04. The van der Waals surface area contributed by atoms with Crippen LogP contribution in [-0.2, 0) is 9.84 Å². The van der Waals surface area contributed by atoms with Crippen molar-refractivity contribution in [2.24, 2.45) is 0 Å². The van der Waals surface area contributed by atoms with Gasteiger partial charge in [0.2, 0.25) is 15.0 Å². The molecule has 0 amide bonds. The first kappa shape index (κ1) is 8.89. The van der Waals surface area contributed by atoms with Gasteiger partial charge in [0.25, 0.3) is 0 Å². The SMILES string of the molecule is O=S(=O)(c1ccccc1)c1ncn[nH]1. The highest BCUT2D eigenvalue weighted by Crippen LogP contribution is 2.15. The molecule has 0 atom stereocenters. The maximum absolute atomic E-state index is 11.8. The van der Waals surface area contributed by atoms with Gasteiger partial charge in [0, 0.05) is 0 Å². The van der Waals surface area contributed by atoms with E-state index in [0.29, 0.717) is 0 Å². The molecule has 0 aliphatic rings. The van der Waals surface area contributed by atoms with Crippen molar-refractivity contribution in [3.8, 4) is 0 Å². The standard InChI is InChI=1S/C8H7N3O2S/c12-14(13,8-9-6-10-11-8)7-4-2-1-3-5-7/h1-6H,(H,9,10,11). The Kier molecular flexibility index (Phi) is 2.05. The van der Waals surface area contributed by atoms with E-state index >= 15 is 0 Å². The molecule has 0 bridgehead atoms. The van der Waals surface area contributed by atoms with Crippen molar-refractivity contribution < 1.29 is 8.42 Å². The normalized spacial score (nSPS) is 11.4. The molecule has 0 fully saturated rings. The molecule has 2 rings (SSSR count). The van der Waals surface area contributed by atoms with E-state index < -0.39 is 9.84 Å². The molecule has 1 aromatic heterocycles. The number of hydrogen-bond acceptors (Lipinski definition) is 4. The lowest BCUT2D eigenvalue weighted by Crippen LogP contribution is -2.03. The third kappa shape index (κ3) is 1.39. The van der Waals surface area contributed by atoms with Gasteiger partial charge in [-0.3, -0.25) is 0 Å². The van der Waals surface area contributed by atoms with Crippen LogP contribution in [0, 0.1) is 0 Å². The molecule has 1 N–H and O–H groups in total. The third-order valence-corrected chi connectivity index (χ3v) is 3.30. The molecule has 0 saturated carbocycles. The zero-order chi connectivity index (χ0) is 10.0. The van der Waals surface area contributed by atoms with Gasteiger partial charge < -0.3 is 0 Å². The summed E-state index contributed by atoms with van der Waals surface area (Å²) in [5.41, 5.74) is 0. The zero-order valence-corrected chi connectivity index (χ0v) is 7.90. The van der Waals surface area contributed by atoms with Crippen LogP contribution >= 0.6 is 0 Å². The molecule has 0 aliphatic heterocycles. The Balaban J connectivity index is 2.55. The lowest BCUT2D eigenvalue weighted by atomic mass is 10.4. The number of aromatic amines is 1. The molecule has 1 aromatic carbocycles. The van der Waals surface area contributed by atoms with Gasteiger partial charge in [-0.25, -0.2) is 18.5 Å². The van der Waals surface area contributed by atoms with Crippen molar-refractivity contribution in [2.75, 3.05) is 0 Å². The van der Waals surface area contributed by atoms with Crippen LogP contribution in [0.15, 0.2) is 46.7 Å². The van der Waals surface area contributed by atoms with E-state index in [-0.39, 0.29) is 10.1 Å². The molecule has 0 aliphatic carbocycles. The highest BCUT2D eigenvalue weighted by atomic mass is 32.2. The van der Waals surface area contributed by atoms with Gasteiger partial charge in [0.05, 0.1) is 4.90 Å². The van der Waals surface area contributed by atoms with E-state index in [0.717, 1.165) is 6.33 Å². The van der Waals surface area contributed by atoms with E-state index in [9.17, 15) is 8.42 Å². The van der Waals surface area contributed by atoms with Crippen molar-refractivity contribution in [2.45, 2.75) is 10.1 Å². The number of nitrogens with zero attached hydrogens (tertiary/aromatic N) is 2. The van der Waals surface area contributed by atoms with Crippen LogP contribution in [0.3, 0.4) is 0 Å². The molecule has 72 valence electrons. The summed E-state index contributed by atoms with van der Waals surface area (Å²) in [5, 5.41) is 5.69. The number of H-pyrrole nitrogens is 1. The number of hydrogen-bond donors (Lipinski definition) is 1. The maximum Gasteiger partial charge on any atom is 0.247 e. The van der Waals surface area contributed by atoms with E-state index in [4.69, 9.17) is 0 Å². The van der Waals surface area contributed by atoms with E-state index in [1.54, 1.807) is 18.2 Å². The van der Waals surface area contributed by atoms with Crippen LogP contribution in [0.5, 0.6) is 0 Å². The first-order valence-corrected chi connectivity index (χ1v) is 5.35. The van der Waals surface area contributed by atoms with Crippen molar-refractivity contribution >= 4 is 9.84 Å². The van der Waals surface area contributed by atoms with E-state index in [1.165, 1.54) is 12.1 Å². The van der Waals surface area contributed by atoms with Crippen molar-refractivity contribution in [3.63, 3.8) is 0 Å². The van der Waals surface area contributed by atoms with Gasteiger partial charge in [-0.05, 0) is 12.1 Å². The molecule has 1 heterocycles. The lowest BCUT2D eigenvalue weighted by molar-refractivity contribution is 0.587. The number of nitrogens with one attached hydrogen (secondary N) is 1. The summed E-state index contributed by atoms with van der Waals surface area (Å²) in [7, 11) is -3.52. The molecule has 6 heteroatoms. The smallest absolute Gasteiger partial charge is 0.247 e. The molecule has 5 nitrogen and oxygen atoms in total. The molecule has 0 spiro atoms. The van der Waals surface area contributed by atoms with Crippen LogP contribution in [0.25, 0.3) is 0 Å². The van der Waals surface area contributed by atoms with Crippen molar-refractivity contribution in [3.05, 3.63) is 36.7 Å². The predicted octanol–water partition coefficient (Wildman–Crippen LogP) is 0.637. The fraction of sp³-hybridized carbons (Fsp3) is 0. The third-order valence-electron chi connectivity index (χ3n) is 1.70. The minimum Gasteiger partial charge on any atom is -0.250 e. The van der Waals surface area contributed by atoms with Crippen LogP contribution < -0.4 is 0 Å². The highest BCUT2D eigenvalue weighted by Gasteiger charge is 2.19. The Hall–Kier alpha value is -1.69. The van der Waals surface area contributed by atoms with Gasteiger partial charge in [0.1, 0.15) is 6.33 Å². The summed E-state index contributed by atoms with van der Waals surface area (Å²) in [6.45, 7) is 0. The molecule has 0 radical (unpaired) electrons. The maximum atomic E-state index is 11.8.